The first-order valence-electron chi connectivity index (χ1n) is 39.0. The summed E-state index contributed by atoms with van der Waals surface area (Å²) in [4.78, 5) is 120. The van der Waals surface area contributed by atoms with Crippen LogP contribution >= 0.6 is 93.4 Å². The van der Waals surface area contributed by atoms with Gasteiger partial charge < -0.3 is 21.1 Å². The van der Waals surface area contributed by atoms with Gasteiger partial charge in [0, 0.05) is 77.9 Å². The molecular formula is C77H79BBr3ClN22O14S5. The molecule has 21 rings (SSSR count). The summed E-state index contributed by atoms with van der Waals surface area (Å²) in [6.07, 6.45) is 12.6. The minimum atomic E-state index is -2.86. The van der Waals surface area contributed by atoms with E-state index in [4.69, 9.17) is 27.4 Å². The number of pyridine rings is 5. The van der Waals surface area contributed by atoms with Gasteiger partial charge in [0.25, 0.3) is 5.95 Å². The molecule has 8 fully saturated rings. The van der Waals surface area contributed by atoms with E-state index in [1.54, 1.807) is 52.1 Å². The maximum absolute atomic E-state index is 12.4. The van der Waals surface area contributed by atoms with E-state index in [-0.39, 0.29) is 93.7 Å². The van der Waals surface area contributed by atoms with Gasteiger partial charge in [0.05, 0.1) is 53.9 Å². The Labute approximate surface area is 744 Å². The number of carbonyl (C=O) groups excluding carboxylic acids is 8. The van der Waals surface area contributed by atoms with Crippen LogP contribution in [0.2, 0.25) is 0 Å². The number of aromatic nitrogens is 15. The van der Waals surface area contributed by atoms with Gasteiger partial charge in [-0.1, -0.05) is 36.4 Å². The summed E-state index contributed by atoms with van der Waals surface area (Å²) < 4.78 is 55.5. The van der Waals surface area contributed by atoms with E-state index in [1.807, 2.05) is 91.0 Å². The zero-order valence-electron chi connectivity index (χ0n) is 65.2. The Morgan fingerprint density at radius 2 is 0.870 bits per heavy atom. The zero-order valence-corrected chi connectivity index (χ0v) is 74.8. The number of nitrogens with zero attached hydrogens (tertiary/aromatic N) is 17. The first-order valence-corrected chi connectivity index (χ1v) is 47.9. The lowest BCUT2D eigenvalue weighted by Gasteiger charge is -2.25. The van der Waals surface area contributed by atoms with Crippen LogP contribution in [0.1, 0.15) is 101 Å². The Morgan fingerprint density at radius 1 is 0.480 bits per heavy atom. The number of hydrogen-bond acceptors (Lipinski definition) is 30. The van der Waals surface area contributed by atoms with Crippen molar-refractivity contribution in [2.24, 2.45) is 35.5 Å². The van der Waals surface area contributed by atoms with Crippen molar-refractivity contribution in [3.63, 3.8) is 0 Å². The van der Waals surface area contributed by atoms with E-state index in [0.29, 0.717) is 98.9 Å². The minimum absolute atomic E-state index is 0.00980. The summed E-state index contributed by atoms with van der Waals surface area (Å²) in [5, 5.41) is 49.5. The number of sulfone groups is 2. The Kier molecular flexibility index (Phi) is 29.0. The molecule has 0 unspecified atom stereocenters. The second-order valence-electron chi connectivity index (χ2n) is 29.5. The van der Waals surface area contributed by atoms with Crippen LogP contribution < -0.4 is 36.7 Å². The molecule has 36 nitrogen and oxygen atoms in total. The molecule has 6 aliphatic carbocycles. The van der Waals surface area contributed by atoms with Gasteiger partial charge in [0.15, 0.2) is 60.5 Å². The summed E-state index contributed by atoms with van der Waals surface area (Å²) in [6, 6.07) is 38.9. The van der Waals surface area contributed by atoms with Gasteiger partial charge in [0.2, 0.25) is 58.6 Å². The van der Waals surface area contributed by atoms with Crippen molar-refractivity contribution in [2.75, 3.05) is 75.8 Å². The highest BCUT2D eigenvalue weighted by Gasteiger charge is 2.44. The normalized spacial score (nSPS) is 16.7. The molecule has 8 N–H and O–H groups in total. The second-order valence-corrected chi connectivity index (χ2v) is 40.3. The highest BCUT2D eigenvalue weighted by atomic mass is 79.9. The lowest BCUT2D eigenvalue weighted by atomic mass is 9.90. The Morgan fingerprint density at radius 3 is 1.25 bits per heavy atom. The first kappa shape index (κ1) is 89.4. The Balaban J connectivity index is 0.000000120. The number of amides is 5. The summed E-state index contributed by atoms with van der Waals surface area (Å²) in [6.45, 7) is 3.16. The second kappa shape index (κ2) is 39.9. The third-order valence-electron chi connectivity index (χ3n) is 19.5. The maximum Gasteiger partial charge on any atom is 0.499 e. The van der Waals surface area contributed by atoms with Crippen molar-refractivity contribution >= 4 is 230 Å². The molecule has 0 aromatic carbocycles. The van der Waals surface area contributed by atoms with Crippen LogP contribution in [0.4, 0.5) is 29.7 Å². The molecule has 642 valence electrons. The summed E-state index contributed by atoms with van der Waals surface area (Å²) in [7, 11) is -6.97. The fourth-order valence-corrected chi connectivity index (χ4v) is 18.4. The fraction of sp³-hybridized carbons (Fsp3) is 0.351. The van der Waals surface area contributed by atoms with Crippen LogP contribution in [-0.4, -0.2) is 208 Å². The van der Waals surface area contributed by atoms with Gasteiger partial charge in [-0.05, 0) is 227 Å². The standard InChI is InChI=1S/C19H21N5O3S2.C15H12N4O2S.C14H13BrN4O2.C10H9BrN4O.C6H5BrN4.C5H5BO3S.C4H5ClO.C4H9NO2S/c25-18(13-4-5-13)21-19-20-17-3-1-2-15(24(17)22-19)16-7-6-14(28-16)12-23-8-10-29(26,27)11-9-23;20-8-10-6-7-12(22-10)11-2-1-3-13-16-15(18-19(11)13)17-14(21)9-4-5-9;15-10-2-1-3-11-16-14(17-19(10)11)18(12(20)8-4-5-8)13(21)9-6-7-9;11-7-2-1-3-8-12-10(14-15(7)8)13-9(16)6-4-5-6;7-4-2-1-3-5-9-6(8)10-11(4)5;7-3-4-1-2-5(10-4)6(8)9;5-4(6)3-1-2-3;6-8(7)3-1-5-2-4-8/h1-3,6-7,13H,4-5,8-12H2,(H,21,22,25);1-3,6-9H,4-5H2,(H,17,18,21);1-3,8-9H,4-7H2;1-3,6H,4-5H2,(H,13,14,16);1-3H,(H2,8,10);1-3,8-9H;3H,1-2H2;5H,1-4H2. The molecule has 2 saturated heterocycles. The number of thiophene rings is 3. The average Bonchev–Trinajstić information content (AvgIpc) is 1.64. The molecule has 0 bridgehead atoms. The fourth-order valence-electron chi connectivity index (χ4n) is 11.9. The lowest BCUT2D eigenvalue weighted by Crippen LogP contribution is -2.40. The molecule has 15 heterocycles. The van der Waals surface area contributed by atoms with Gasteiger partial charge in [0.1, 0.15) is 13.8 Å². The maximum atomic E-state index is 12.4. The molecular weight excluding hydrogens is 1900 g/mol. The number of halogens is 4. The summed E-state index contributed by atoms with van der Waals surface area (Å²) in [5.41, 5.74) is 10.6. The van der Waals surface area contributed by atoms with E-state index in [2.05, 4.69) is 137 Å². The molecule has 13 aromatic rings. The highest BCUT2D eigenvalue weighted by molar-refractivity contribution is 9.11. The molecule has 0 spiro atoms. The third kappa shape index (κ3) is 24.6. The van der Waals surface area contributed by atoms with Crippen LogP contribution in [0.3, 0.4) is 0 Å². The Hall–Kier alpha value is -9.91. The van der Waals surface area contributed by atoms with Crippen LogP contribution in [0.15, 0.2) is 141 Å². The number of fused-ring (bicyclic) bond motifs is 5. The molecule has 8 aliphatic rings. The monoisotopic (exact) mass is 1980 g/mol. The number of nitrogen functional groups attached to an aromatic ring is 1. The first-order chi connectivity index (χ1) is 59.1. The Bertz CT molecular complexity index is 6280. The van der Waals surface area contributed by atoms with Crippen LogP contribution in [0, 0.1) is 35.5 Å². The van der Waals surface area contributed by atoms with Gasteiger partial charge in [-0.25, -0.2) is 44.3 Å². The summed E-state index contributed by atoms with van der Waals surface area (Å²) in [5.74, 6) is 2.80. The lowest BCUT2D eigenvalue weighted by molar-refractivity contribution is -0.128. The van der Waals surface area contributed by atoms with Crippen LogP contribution in [0.25, 0.3) is 49.4 Å². The van der Waals surface area contributed by atoms with E-state index >= 15 is 0 Å². The van der Waals surface area contributed by atoms with Crippen LogP contribution in [-0.2, 0) is 55.0 Å². The van der Waals surface area contributed by atoms with E-state index in [1.165, 1.54) is 27.2 Å². The number of aldehydes is 2. The topological polar surface area (TPSA) is 477 Å². The number of rotatable bonds is 17. The van der Waals surface area contributed by atoms with Crippen molar-refractivity contribution in [3.05, 3.63) is 156 Å². The van der Waals surface area contributed by atoms with Gasteiger partial charge in [-0.15, -0.1) is 59.5 Å². The van der Waals surface area contributed by atoms with Gasteiger partial charge >= 0.3 is 7.12 Å². The molecule has 123 heavy (non-hydrogen) atoms. The molecule has 5 amide bonds. The van der Waals surface area contributed by atoms with Crippen LogP contribution in [0.5, 0.6) is 0 Å². The van der Waals surface area contributed by atoms with Gasteiger partial charge in [-0.3, -0.25) is 59.2 Å². The van der Waals surface area contributed by atoms with Crippen molar-refractivity contribution in [1.82, 2.24) is 83.2 Å². The number of anilines is 5. The van der Waals surface area contributed by atoms with Crippen molar-refractivity contribution in [3.8, 4) is 21.1 Å². The minimum Gasteiger partial charge on any atom is -0.423 e. The molecule has 6 saturated carbocycles. The number of nitrogens with two attached hydrogens (primary N) is 1. The zero-order chi connectivity index (χ0) is 86.8. The van der Waals surface area contributed by atoms with E-state index < -0.39 is 26.8 Å². The number of hydrogen-bond donors (Lipinski definition) is 7. The number of nitrogens with one attached hydrogen (secondary N) is 4. The summed E-state index contributed by atoms with van der Waals surface area (Å²) >= 11 is 19.2. The quantitative estimate of drug-likeness (QED) is 0.0147. The predicted octanol–water partition coefficient (Wildman–Crippen LogP) is 9.15. The average molecular weight is 1980 g/mol. The number of carbonyl (C=O) groups is 8. The smallest absolute Gasteiger partial charge is 0.423 e. The third-order valence-corrected chi connectivity index (χ3v) is 28.1. The molecule has 46 heteroatoms. The molecule has 13 aromatic heterocycles. The van der Waals surface area contributed by atoms with E-state index in [9.17, 15) is 55.2 Å². The highest BCUT2D eigenvalue weighted by Crippen LogP contribution is 2.39. The van der Waals surface area contributed by atoms with Crippen molar-refractivity contribution in [2.45, 2.75) is 83.6 Å². The molecule has 0 radical (unpaired) electrons. The molecule has 2 aliphatic heterocycles. The van der Waals surface area contributed by atoms with Gasteiger partial charge in [-0.2, -0.15) is 24.9 Å². The predicted molar refractivity (Wildman–Crippen MR) is 475 cm³/mol. The largest absolute Gasteiger partial charge is 0.499 e. The van der Waals surface area contributed by atoms with Crippen molar-refractivity contribution < 1.29 is 65.2 Å². The molecule has 0 atom stereocenters. The van der Waals surface area contributed by atoms with Crippen molar-refractivity contribution in [1.29, 1.82) is 0 Å². The van der Waals surface area contributed by atoms with E-state index in [0.717, 1.165) is 142 Å². The number of imide groups is 1. The SMILES string of the molecule is Nc1nc2cccc(Br)n2n1.O=C(C1CC1)N(C(=O)C1CC1)c1nc2cccc(Br)n2n1.O=C(Cl)C1CC1.O=C(Nc1nc2cccc(-c3ccc(CN4CCS(=O)(=O)CC4)s3)n2n1)C1CC1.O=C(Nc1nc2cccc(Br)n2n1)C1CC1.O=Cc1ccc(-c2cccc3nc(NC(=O)C4CC4)nn23)s1.O=Cc1ccc(B(O)O)s1.O=S1(=O)CCNCC1.